The van der Waals surface area contributed by atoms with E-state index in [2.05, 4.69) is 25.9 Å². The highest BCUT2D eigenvalue weighted by atomic mass is 79.9. The zero-order chi connectivity index (χ0) is 13.3. The molecule has 2 rings (SSSR count). The number of benzene rings is 1. The van der Waals surface area contributed by atoms with Crippen LogP contribution in [-0.4, -0.2) is 22.2 Å². The van der Waals surface area contributed by atoms with Crippen LogP contribution in [0.4, 0.5) is 0 Å². The highest BCUT2D eigenvalue weighted by Crippen LogP contribution is 2.30. The minimum atomic E-state index is -0.375. The Bertz CT molecular complexity index is 652. The minimum absolute atomic E-state index is 0.188. The van der Waals surface area contributed by atoms with E-state index in [1.54, 1.807) is 12.1 Å². The van der Waals surface area contributed by atoms with E-state index >= 15 is 0 Å². The van der Waals surface area contributed by atoms with Gasteiger partial charge in [-0.25, -0.2) is 0 Å². The van der Waals surface area contributed by atoms with Crippen LogP contribution in [0, 0.1) is 6.92 Å². The van der Waals surface area contributed by atoms with Gasteiger partial charge in [-0.2, -0.15) is 4.98 Å². The van der Waals surface area contributed by atoms with Crippen LogP contribution in [0.25, 0.3) is 11.4 Å². The number of halogens is 1. The fourth-order valence-corrected chi connectivity index (χ4v) is 1.87. The molecule has 0 atom stereocenters. The molecule has 0 saturated heterocycles. The van der Waals surface area contributed by atoms with Crippen LogP contribution < -0.4 is 10.3 Å². The van der Waals surface area contributed by atoms with E-state index in [0.717, 1.165) is 4.47 Å². The van der Waals surface area contributed by atoms with E-state index in [0.29, 0.717) is 11.3 Å². The van der Waals surface area contributed by atoms with Crippen LogP contribution in [0.1, 0.15) is 5.56 Å². The molecule has 0 unspecified atom stereocenters. The number of rotatable bonds is 2. The van der Waals surface area contributed by atoms with Crippen molar-refractivity contribution in [2.45, 2.75) is 6.92 Å². The summed E-state index contributed by atoms with van der Waals surface area (Å²) in [6, 6.07) is 5.32. The number of ether oxygens (including phenoxy) is 1. The second-order valence-electron chi connectivity index (χ2n) is 3.71. The average molecular weight is 311 g/mol. The van der Waals surface area contributed by atoms with E-state index in [1.165, 1.54) is 14.0 Å². The Morgan fingerprint density at radius 1 is 1.44 bits per heavy atom. The third-order valence-corrected chi connectivity index (χ3v) is 3.04. The van der Waals surface area contributed by atoms with Crippen LogP contribution in [-0.2, 0) is 0 Å². The van der Waals surface area contributed by atoms with E-state index in [4.69, 9.17) is 4.74 Å². The smallest absolute Gasteiger partial charge is 0.257 e. The lowest BCUT2D eigenvalue weighted by Gasteiger charge is -2.09. The van der Waals surface area contributed by atoms with Crippen LogP contribution in [0.5, 0.6) is 11.6 Å². The molecule has 0 spiro atoms. The first-order valence-corrected chi connectivity index (χ1v) is 5.96. The molecular formula is C12H11BrN2O3. The summed E-state index contributed by atoms with van der Waals surface area (Å²) in [5.41, 5.74) is 0.409. The molecule has 0 aliphatic heterocycles. The van der Waals surface area contributed by atoms with Gasteiger partial charge in [-0.3, -0.25) is 4.79 Å². The summed E-state index contributed by atoms with van der Waals surface area (Å²) >= 11 is 3.34. The number of aromatic amines is 1. The number of methoxy groups -OCH3 is 1. The van der Waals surface area contributed by atoms with Crippen LogP contribution in [0.3, 0.4) is 0 Å². The van der Waals surface area contributed by atoms with Gasteiger partial charge in [-0.15, -0.1) is 0 Å². The Balaban J connectivity index is 2.69. The van der Waals surface area contributed by atoms with Gasteiger partial charge in [0.25, 0.3) is 5.56 Å². The molecule has 0 fully saturated rings. The molecule has 1 aromatic heterocycles. The second-order valence-corrected chi connectivity index (χ2v) is 4.62. The average Bonchev–Trinajstić information content (AvgIpc) is 2.35. The van der Waals surface area contributed by atoms with Crippen LogP contribution in [0.2, 0.25) is 0 Å². The number of hydrogen-bond acceptors (Lipinski definition) is 4. The SMILES string of the molecule is COc1ccc(Br)cc1-c1nc(O)c(C)c(=O)[nH]1. The Labute approximate surface area is 112 Å². The number of aromatic nitrogens is 2. The van der Waals surface area contributed by atoms with Gasteiger partial charge >= 0.3 is 0 Å². The molecule has 2 aromatic rings. The topological polar surface area (TPSA) is 75.2 Å². The van der Waals surface area contributed by atoms with E-state index in [9.17, 15) is 9.90 Å². The third kappa shape index (κ3) is 2.24. The summed E-state index contributed by atoms with van der Waals surface area (Å²) in [6.45, 7) is 1.50. The van der Waals surface area contributed by atoms with Crippen LogP contribution >= 0.6 is 15.9 Å². The first kappa shape index (κ1) is 12.6. The molecule has 0 amide bonds. The summed E-state index contributed by atoms with van der Waals surface area (Å²) < 4.78 is 6.02. The van der Waals surface area contributed by atoms with Crippen molar-refractivity contribution in [3.8, 4) is 23.0 Å². The Kier molecular flexibility index (Phi) is 3.38. The fourth-order valence-electron chi connectivity index (χ4n) is 1.51. The molecule has 94 valence electrons. The van der Waals surface area contributed by atoms with E-state index in [-0.39, 0.29) is 22.8 Å². The Morgan fingerprint density at radius 3 is 2.78 bits per heavy atom. The highest BCUT2D eigenvalue weighted by Gasteiger charge is 2.12. The third-order valence-electron chi connectivity index (χ3n) is 2.54. The molecule has 18 heavy (non-hydrogen) atoms. The second kappa shape index (κ2) is 4.81. The standard InChI is InChI=1S/C12H11BrN2O3/c1-6-11(16)14-10(15-12(6)17)8-5-7(13)3-4-9(8)18-2/h3-5H,1-2H3,(H2,14,15,16,17). The number of aromatic hydroxyl groups is 1. The minimum Gasteiger partial charge on any atom is -0.496 e. The quantitative estimate of drug-likeness (QED) is 0.892. The summed E-state index contributed by atoms with van der Waals surface area (Å²) in [6.07, 6.45) is 0. The van der Waals surface area contributed by atoms with Crippen molar-refractivity contribution >= 4 is 15.9 Å². The summed E-state index contributed by atoms with van der Waals surface area (Å²) in [5.74, 6) is 0.543. The lowest BCUT2D eigenvalue weighted by atomic mass is 10.2. The maximum absolute atomic E-state index is 11.6. The molecule has 0 aliphatic rings. The molecule has 6 heteroatoms. The van der Waals surface area contributed by atoms with Crippen molar-refractivity contribution < 1.29 is 9.84 Å². The number of nitrogens with zero attached hydrogens (tertiary/aromatic N) is 1. The molecule has 1 aromatic carbocycles. The van der Waals surface area contributed by atoms with Crippen LogP contribution in [0.15, 0.2) is 27.5 Å². The zero-order valence-corrected chi connectivity index (χ0v) is 11.4. The molecule has 0 radical (unpaired) electrons. The Hall–Kier alpha value is -1.82. The van der Waals surface area contributed by atoms with Crippen molar-refractivity contribution in [3.63, 3.8) is 0 Å². The largest absolute Gasteiger partial charge is 0.496 e. The van der Waals surface area contributed by atoms with Gasteiger partial charge in [-0.1, -0.05) is 15.9 Å². The maximum atomic E-state index is 11.6. The van der Waals surface area contributed by atoms with Gasteiger partial charge < -0.3 is 14.8 Å². The number of H-pyrrole nitrogens is 1. The lowest BCUT2D eigenvalue weighted by molar-refractivity contribution is 0.415. The van der Waals surface area contributed by atoms with Gasteiger partial charge in [-0.05, 0) is 25.1 Å². The summed E-state index contributed by atoms with van der Waals surface area (Å²) in [7, 11) is 1.53. The predicted molar refractivity (Wildman–Crippen MR) is 70.9 cm³/mol. The van der Waals surface area contributed by atoms with Crippen molar-refractivity contribution in [3.05, 3.63) is 38.6 Å². The van der Waals surface area contributed by atoms with Gasteiger partial charge in [0, 0.05) is 4.47 Å². The first-order chi connectivity index (χ1) is 8.52. The molecule has 5 nitrogen and oxygen atoms in total. The van der Waals surface area contributed by atoms with Gasteiger partial charge in [0.15, 0.2) is 0 Å². The molecule has 1 heterocycles. The van der Waals surface area contributed by atoms with Crippen molar-refractivity contribution in [2.75, 3.05) is 7.11 Å². The lowest BCUT2D eigenvalue weighted by Crippen LogP contribution is -2.12. The summed E-state index contributed by atoms with van der Waals surface area (Å²) in [5, 5.41) is 9.59. The summed E-state index contributed by atoms with van der Waals surface area (Å²) in [4.78, 5) is 18.2. The molecule has 0 aliphatic carbocycles. The van der Waals surface area contributed by atoms with Gasteiger partial charge in [0.1, 0.15) is 11.6 Å². The van der Waals surface area contributed by atoms with E-state index in [1.807, 2.05) is 6.07 Å². The van der Waals surface area contributed by atoms with Gasteiger partial charge in [0.2, 0.25) is 5.88 Å². The highest BCUT2D eigenvalue weighted by molar-refractivity contribution is 9.10. The first-order valence-electron chi connectivity index (χ1n) is 5.16. The Morgan fingerprint density at radius 2 is 2.17 bits per heavy atom. The molecule has 0 bridgehead atoms. The van der Waals surface area contributed by atoms with E-state index < -0.39 is 0 Å². The predicted octanol–water partition coefficient (Wildman–Crippen LogP) is 2.22. The molecular weight excluding hydrogens is 300 g/mol. The molecule has 2 N–H and O–H groups in total. The number of hydrogen-bond donors (Lipinski definition) is 2. The van der Waals surface area contributed by atoms with Gasteiger partial charge in [0.05, 0.1) is 18.2 Å². The van der Waals surface area contributed by atoms with Crippen molar-refractivity contribution in [1.82, 2.24) is 9.97 Å². The molecule has 0 saturated carbocycles. The van der Waals surface area contributed by atoms with Crippen molar-refractivity contribution in [2.24, 2.45) is 0 Å². The maximum Gasteiger partial charge on any atom is 0.257 e. The van der Waals surface area contributed by atoms with Crippen molar-refractivity contribution in [1.29, 1.82) is 0 Å². The normalized spacial score (nSPS) is 10.4. The monoisotopic (exact) mass is 310 g/mol. The zero-order valence-electron chi connectivity index (χ0n) is 9.82. The fraction of sp³-hybridized carbons (Fsp3) is 0.167. The number of nitrogens with one attached hydrogen (secondary N) is 1.